The minimum absolute atomic E-state index is 0.167. The highest BCUT2D eigenvalue weighted by Crippen LogP contribution is 2.33. The Morgan fingerprint density at radius 3 is 2.43 bits per heavy atom. The number of ether oxygens (including phenoxy) is 1. The van der Waals surface area contributed by atoms with Crippen molar-refractivity contribution in [2.75, 3.05) is 26.7 Å². The third-order valence-electron chi connectivity index (χ3n) is 4.80. The molecule has 2 heterocycles. The molecule has 2 fully saturated rings. The van der Waals surface area contributed by atoms with Crippen molar-refractivity contribution in [1.82, 2.24) is 9.80 Å². The molecule has 0 unspecified atom stereocenters. The average Bonchev–Trinajstić information content (AvgIpc) is 2.77. The van der Waals surface area contributed by atoms with E-state index in [2.05, 4.69) is 36.1 Å². The molecule has 21 heavy (non-hydrogen) atoms. The van der Waals surface area contributed by atoms with Crippen LogP contribution in [0.5, 0.6) is 0 Å². The Balaban J connectivity index is 1.60. The van der Waals surface area contributed by atoms with E-state index < -0.39 is 0 Å². The lowest BCUT2D eigenvalue weighted by atomic mass is 9.91. The molecule has 1 aromatic rings. The molecular weight excluding hydrogens is 264 g/mol. The zero-order valence-electron chi connectivity index (χ0n) is 13.0. The van der Waals surface area contributed by atoms with Gasteiger partial charge in [0.1, 0.15) is 5.60 Å². The van der Waals surface area contributed by atoms with Crippen LogP contribution in [0.1, 0.15) is 30.9 Å². The van der Waals surface area contributed by atoms with Crippen LogP contribution in [0.15, 0.2) is 24.3 Å². The number of rotatable bonds is 3. The van der Waals surface area contributed by atoms with E-state index in [0.29, 0.717) is 0 Å². The molecule has 0 atom stereocenters. The quantitative estimate of drug-likeness (QED) is 0.857. The number of amides is 1. The number of carbonyl (C=O) groups is 1. The van der Waals surface area contributed by atoms with Gasteiger partial charge in [0.25, 0.3) is 0 Å². The number of nitrogens with zero attached hydrogens (tertiary/aromatic N) is 2. The standard InChI is InChI=1S/C17H24N2O2/c1-3-14-6-4-5-7-15(14)12-19-10-8-17(9-11-19)13-18(2)16(20)21-17/h4-7H,3,8-13H2,1-2H3. The molecule has 0 N–H and O–H groups in total. The van der Waals surface area contributed by atoms with Gasteiger partial charge in [0, 0.05) is 39.5 Å². The summed E-state index contributed by atoms with van der Waals surface area (Å²) in [7, 11) is 1.82. The molecule has 0 saturated carbocycles. The van der Waals surface area contributed by atoms with Crippen LogP contribution in [0.2, 0.25) is 0 Å². The first-order valence-corrected chi connectivity index (χ1v) is 7.85. The number of likely N-dealkylation sites (tertiary alicyclic amines) is 1. The minimum Gasteiger partial charge on any atom is -0.441 e. The van der Waals surface area contributed by atoms with Gasteiger partial charge < -0.3 is 9.64 Å². The van der Waals surface area contributed by atoms with Gasteiger partial charge >= 0.3 is 6.09 Å². The first kappa shape index (κ1) is 14.4. The van der Waals surface area contributed by atoms with Crippen LogP contribution in [0, 0.1) is 0 Å². The van der Waals surface area contributed by atoms with Gasteiger partial charge in [-0.1, -0.05) is 31.2 Å². The monoisotopic (exact) mass is 288 g/mol. The number of piperidine rings is 1. The van der Waals surface area contributed by atoms with E-state index in [9.17, 15) is 4.79 Å². The summed E-state index contributed by atoms with van der Waals surface area (Å²) >= 11 is 0. The van der Waals surface area contributed by atoms with Gasteiger partial charge in [0.05, 0.1) is 6.54 Å². The largest absolute Gasteiger partial charge is 0.441 e. The van der Waals surface area contributed by atoms with E-state index in [4.69, 9.17) is 4.74 Å². The van der Waals surface area contributed by atoms with E-state index in [1.165, 1.54) is 11.1 Å². The predicted molar refractivity (Wildman–Crippen MR) is 82.2 cm³/mol. The van der Waals surface area contributed by atoms with Crippen molar-refractivity contribution in [1.29, 1.82) is 0 Å². The van der Waals surface area contributed by atoms with Crippen molar-refractivity contribution in [3.05, 3.63) is 35.4 Å². The second kappa shape index (κ2) is 5.68. The Kier molecular flexibility index (Phi) is 3.89. The molecule has 2 saturated heterocycles. The number of hydrogen-bond donors (Lipinski definition) is 0. The molecule has 3 rings (SSSR count). The normalized spacial score (nSPS) is 21.8. The Morgan fingerprint density at radius 1 is 1.19 bits per heavy atom. The van der Waals surface area contributed by atoms with Gasteiger partial charge in [0.15, 0.2) is 0 Å². The van der Waals surface area contributed by atoms with Crippen molar-refractivity contribution >= 4 is 6.09 Å². The lowest BCUT2D eigenvalue weighted by molar-refractivity contribution is -0.00123. The van der Waals surface area contributed by atoms with Crippen molar-refractivity contribution in [2.24, 2.45) is 0 Å². The Labute approximate surface area is 126 Å². The number of likely N-dealkylation sites (N-methyl/N-ethyl adjacent to an activating group) is 1. The van der Waals surface area contributed by atoms with E-state index in [1.54, 1.807) is 4.90 Å². The summed E-state index contributed by atoms with van der Waals surface area (Å²) in [6.07, 6.45) is 2.80. The smallest absolute Gasteiger partial charge is 0.410 e. The van der Waals surface area contributed by atoms with Gasteiger partial charge in [0.2, 0.25) is 0 Å². The van der Waals surface area contributed by atoms with E-state index in [1.807, 2.05) is 7.05 Å². The lowest BCUT2D eigenvalue weighted by Gasteiger charge is -2.37. The fourth-order valence-corrected chi connectivity index (χ4v) is 3.47. The zero-order chi connectivity index (χ0) is 14.9. The number of benzene rings is 1. The topological polar surface area (TPSA) is 32.8 Å². The van der Waals surface area contributed by atoms with Gasteiger partial charge in [-0.15, -0.1) is 0 Å². The van der Waals surface area contributed by atoms with Crippen molar-refractivity contribution in [2.45, 2.75) is 38.3 Å². The Bertz CT molecular complexity index is 521. The summed E-state index contributed by atoms with van der Waals surface area (Å²) in [5.74, 6) is 0. The van der Waals surface area contributed by atoms with E-state index in [-0.39, 0.29) is 11.7 Å². The second-order valence-electron chi connectivity index (χ2n) is 6.31. The van der Waals surface area contributed by atoms with Crippen molar-refractivity contribution < 1.29 is 9.53 Å². The fraction of sp³-hybridized carbons (Fsp3) is 0.588. The maximum atomic E-state index is 11.6. The number of carbonyl (C=O) groups excluding carboxylic acids is 1. The van der Waals surface area contributed by atoms with Crippen LogP contribution in [-0.4, -0.2) is 48.2 Å². The Hall–Kier alpha value is -1.55. The molecule has 2 aliphatic heterocycles. The summed E-state index contributed by atoms with van der Waals surface area (Å²) in [5, 5.41) is 0. The zero-order valence-corrected chi connectivity index (χ0v) is 13.0. The third-order valence-corrected chi connectivity index (χ3v) is 4.80. The molecular formula is C17H24N2O2. The Morgan fingerprint density at radius 2 is 1.86 bits per heavy atom. The lowest BCUT2D eigenvalue weighted by Crippen LogP contribution is -2.46. The molecule has 4 nitrogen and oxygen atoms in total. The van der Waals surface area contributed by atoms with Gasteiger partial charge in [-0.25, -0.2) is 4.79 Å². The molecule has 0 aromatic heterocycles. The molecule has 0 aliphatic carbocycles. The SMILES string of the molecule is CCc1ccccc1CN1CCC2(CC1)CN(C)C(=O)O2. The molecule has 4 heteroatoms. The van der Waals surface area contributed by atoms with Crippen LogP contribution < -0.4 is 0 Å². The van der Waals surface area contributed by atoms with Gasteiger partial charge in [-0.2, -0.15) is 0 Å². The highest BCUT2D eigenvalue weighted by atomic mass is 16.6. The summed E-state index contributed by atoms with van der Waals surface area (Å²) in [4.78, 5) is 15.8. The first-order valence-electron chi connectivity index (χ1n) is 7.85. The van der Waals surface area contributed by atoms with E-state index in [0.717, 1.165) is 45.4 Å². The summed E-state index contributed by atoms with van der Waals surface area (Å²) < 4.78 is 5.61. The molecule has 0 bridgehead atoms. The van der Waals surface area contributed by atoms with Crippen LogP contribution in [0.4, 0.5) is 4.79 Å². The number of aryl methyl sites for hydroxylation is 1. The average molecular weight is 288 g/mol. The maximum Gasteiger partial charge on any atom is 0.410 e. The third kappa shape index (κ3) is 2.91. The second-order valence-corrected chi connectivity index (χ2v) is 6.31. The van der Waals surface area contributed by atoms with Crippen LogP contribution in [0.25, 0.3) is 0 Å². The van der Waals surface area contributed by atoms with Gasteiger partial charge in [-0.3, -0.25) is 4.90 Å². The molecule has 0 radical (unpaired) electrons. The van der Waals surface area contributed by atoms with E-state index >= 15 is 0 Å². The van der Waals surface area contributed by atoms with Gasteiger partial charge in [-0.05, 0) is 17.5 Å². The maximum absolute atomic E-state index is 11.6. The molecule has 1 spiro atoms. The minimum atomic E-state index is -0.230. The van der Waals surface area contributed by atoms with Crippen LogP contribution >= 0.6 is 0 Å². The molecule has 114 valence electrons. The molecule has 1 amide bonds. The highest BCUT2D eigenvalue weighted by molar-refractivity contribution is 5.70. The van der Waals surface area contributed by atoms with Crippen LogP contribution in [-0.2, 0) is 17.7 Å². The summed E-state index contributed by atoms with van der Waals surface area (Å²) in [6.45, 7) is 5.95. The molecule has 1 aromatic carbocycles. The summed E-state index contributed by atoms with van der Waals surface area (Å²) in [6, 6.07) is 8.68. The van der Waals surface area contributed by atoms with Crippen LogP contribution in [0.3, 0.4) is 0 Å². The first-order chi connectivity index (χ1) is 10.1. The fourth-order valence-electron chi connectivity index (χ4n) is 3.47. The number of hydrogen-bond acceptors (Lipinski definition) is 3. The highest BCUT2D eigenvalue weighted by Gasteiger charge is 2.45. The predicted octanol–water partition coefficient (Wildman–Crippen LogP) is 2.67. The molecule has 2 aliphatic rings. The van der Waals surface area contributed by atoms with Crippen molar-refractivity contribution in [3.8, 4) is 0 Å². The van der Waals surface area contributed by atoms with Crippen molar-refractivity contribution in [3.63, 3.8) is 0 Å². The summed E-state index contributed by atoms with van der Waals surface area (Å²) in [5.41, 5.74) is 2.63.